The van der Waals surface area contributed by atoms with Gasteiger partial charge in [-0.1, -0.05) is 42.5 Å². The molecule has 3 aromatic rings. The molecule has 2 heterocycles. The summed E-state index contributed by atoms with van der Waals surface area (Å²) in [7, 11) is 0. The third kappa shape index (κ3) is 5.69. The van der Waals surface area contributed by atoms with Crippen molar-refractivity contribution in [3.63, 3.8) is 0 Å². The Kier molecular flexibility index (Phi) is 7.12. The second-order valence-electron chi connectivity index (χ2n) is 8.60. The summed E-state index contributed by atoms with van der Waals surface area (Å²) in [5, 5.41) is 10.5. The zero-order valence-corrected chi connectivity index (χ0v) is 18.8. The van der Waals surface area contributed by atoms with Crippen LogP contribution in [0.3, 0.4) is 0 Å². The van der Waals surface area contributed by atoms with Crippen LogP contribution in [0.2, 0.25) is 0 Å². The molecular formula is C26H31FN4O. The minimum atomic E-state index is -0.379. The van der Waals surface area contributed by atoms with E-state index in [1.165, 1.54) is 6.07 Å². The van der Waals surface area contributed by atoms with E-state index in [2.05, 4.69) is 26.9 Å². The molecule has 5 nitrogen and oxygen atoms in total. The highest BCUT2D eigenvalue weighted by atomic mass is 19.1. The Morgan fingerprint density at radius 2 is 1.66 bits per heavy atom. The third-order valence-corrected chi connectivity index (χ3v) is 6.03. The first-order valence-electron chi connectivity index (χ1n) is 11.3. The molecule has 1 N–H and O–H groups in total. The van der Waals surface area contributed by atoms with Crippen molar-refractivity contribution in [3.05, 3.63) is 88.6 Å². The zero-order valence-electron chi connectivity index (χ0n) is 18.8. The van der Waals surface area contributed by atoms with Crippen LogP contribution in [0.25, 0.3) is 0 Å². The van der Waals surface area contributed by atoms with Gasteiger partial charge in [-0.05, 0) is 43.5 Å². The SMILES string of the molecule is Cc1nc(C)c(Cc2cccc(F)c2)c(N2CCN(C[C@H](O)Cc3ccccc3)CC2)n1. The van der Waals surface area contributed by atoms with Gasteiger partial charge in [0.25, 0.3) is 0 Å². The van der Waals surface area contributed by atoms with Crippen LogP contribution in [0, 0.1) is 19.7 Å². The number of rotatable bonds is 7. The molecule has 1 aliphatic rings. The molecule has 1 aromatic heterocycles. The number of aromatic nitrogens is 2. The van der Waals surface area contributed by atoms with Crippen molar-refractivity contribution in [2.75, 3.05) is 37.6 Å². The number of anilines is 1. The number of aryl methyl sites for hydroxylation is 2. The van der Waals surface area contributed by atoms with Crippen LogP contribution in [0.15, 0.2) is 54.6 Å². The summed E-state index contributed by atoms with van der Waals surface area (Å²) >= 11 is 0. The molecule has 2 aromatic carbocycles. The van der Waals surface area contributed by atoms with Crippen molar-refractivity contribution < 1.29 is 9.50 Å². The molecule has 0 spiro atoms. The van der Waals surface area contributed by atoms with Crippen LogP contribution in [0.1, 0.15) is 28.2 Å². The van der Waals surface area contributed by atoms with E-state index in [9.17, 15) is 9.50 Å². The number of halogens is 1. The Balaban J connectivity index is 1.41. The molecule has 4 rings (SSSR count). The summed E-state index contributed by atoms with van der Waals surface area (Å²) in [4.78, 5) is 14.0. The van der Waals surface area contributed by atoms with Crippen molar-refractivity contribution in [3.8, 4) is 0 Å². The Morgan fingerprint density at radius 1 is 0.938 bits per heavy atom. The van der Waals surface area contributed by atoms with Crippen molar-refractivity contribution in [1.29, 1.82) is 0 Å². The summed E-state index contributed by atoms with van der Waals surface area (Å²) in [5.74, 6) is 1.47. The number of nitrogens with zero attached hydrogens (tertiary/aromatic N) is 4. The lowest BCUT2D eigenvalue weighted by Gasteiger charge is -2.37. The van der Waals surface area contributed by atoms with Gasteiger partial charge in [0.15, 0.2) is 0 Å². The molecule has 0 bridgehead atoms. The van der Waals surface area contributed by atoms with Gasteiger partial charge in [-0.25, -0.2) is 14.4 Å². The summed E-state index contributed by atoms with van der Waals surface area (Å²) < 4.78 is 13.7. The quantitative estimate of drug-likeness (QED) is 0.616. The first-order chi connectivity index (χ1) is 15.5. The van der Waals surface area contributed by atoms with E-state index in [-0.39, 0.29) is 11.9 Å². The molecule has 0 amide bonds. The Morgan fingerprint density at radius 3 is 2.38 bits per heavy atom. The average molecular weight is 435 g/mol. The minimum absolute atomic E-state index is 0.225. The molecule has 1 atom stereocenters. The van der Waals surface area contributed by atoms with Gasteiger partial charge in [0.05, 0.1) is 6.10 Å². The summed E-state index contributed by atoms with van der Waals surface area (Å²) in [6.45, 7) is 8.00. The monoisotopic (exact) mass is 434 g/mol. The Bertz CT molecular complexity index is 1040. The molecule has 0 aliphatic carbocycles. The van der Waals surface area contributed by atoms with Crippen LogP contribution in [-0.2, 0) is 12.8 Å². The number of β-amino-alcohol motifs (C(OH)–C–C–N with tert-alkyl or cyclic N) is 1. The van der Waals surface area contributed by atoms with Crippen LogP contribution >= 0.6 is 0 Å². The van der Waals surface area contributed by atoms with Crippen LogP contribution < -0.4 is 4.90 Å². The maximum atomic E-state index is 13.7. The first-order valence-corrected chi connectivity index (χ1v) is 11.3. The number of aliphatic hydroxyl groups is 1. The number of piperazine rings is 1. The molecule has 1 aliphatic heterocycles. The predicted octanol–water partition coefficient (Wildman–Crippen LogP) is 3.55. The predicted molar refractivity (Wildman–Crippen MR) is 126 cm³/mol. The first kappa shape index (κ1) is 22.4. The van der Waals surface area contributed by atoms with Gasteiger partial charge in [-0.2, -0.15) is 0 Å². The molecule has 0 saturated carbocycles. The van der Waals surface area contributed by atoms with E-state index in [4.69, 9.17) is 4.98 Å². The van der Waals surface area contributed by atoms with E-state index >= 15 is 0 Å². The molecule has 32 heavy (non-hydrogen) atoms. The Labute approximate surface area is 189 Å². The zero-order chi connectivity index (χ0) is 22.5. The summed E-state index contributed by atoms with van der Waals surface area (Å²) in [6.07, 6.45) is 0.897. The topological polar surface area (TPSA) is 52.5 Å². The van der Waals surface area contributed by atoms with Crippen LogP contribution in [0.4, 0.5) is 10.2 Å². The van der Waals surface area contributed by atoms with Crippen molar-refractivity contribution >= 4 is 5.82 Å². The van der Waals surface area contributed by atoms with Crippen molar-refractivity contribution in [2.24, 2.45) is 0 Å². The molecular weight excluding hydrogens is 403 g/mol. The maximum absolute atomic E-state index is 13.7. The van der Waals surface area contributed by atoms with Crippen LogP contribution in [0.5, 0.6) is 0 Å². The van der Waals surface area contributed by atoms with Gasteiger partial charge < -0.3 is 10.0 Å². The van der Waals surface area contributed by atoms with E-state index in [0.29, 0.717) is 19.4 Å². The number of hydrogen-bond acceptors (Lipinski definition) is 5. The minimum Gasteiger partial charge on any atom is -0.391 e. The molecule has 1 saturated heterocycles. The van der Waals surface area contributed by atoms with Gasteiger partial charge in [0.2, 0.25) is 0 Å². The number of benzene rings is 2. The van der Waals surface area contributed by atoms with Gasteiger partial charge in [0, 0.05) is 50.4 Å². The van der Waals surface area contributed by atoms with E-state index in [1.54, 1.807) is 12.1 Å². The fourth-order valence-electron chi connectivity index (χ4n) is 4.43. The van der Waals surface area contributed by atoms with Crippen molar-refractivity contribution in [1.82, 2.24) is 14.9 Å². The highest BCUT2D eigenvalue weighted by molar-refractivity contribution is 5.51. The summed E-state index contributed by atoms with van der Waals surface area (Å²) in [5.41, 5.74) is 4.08. The Hall–Kier alpha value is -2.83. The largest absolute Gasteiger partial charge is 0.391 e. The normalized spacial score (nSPS) is 15.7. The highest BCUT2D eigenvalue weighted by Crippen LogP contribution is 2.25. The third-order valence-electron chi connectivity index (χ3n) is 6.03. The lowest BCUT2D eigenvalue weighted by atomic mass is 10.0. The molecule has 168 valence electrons. The fourth-order valence-corrected chi connectivity index (χ4v) is 4.43. The van der Waals surface area contributed by atoms with Gasteiger partial charge in [-0.3, -0.25) is 4.90 Å². The van der Waals surface area contributed by atoms with E-state index in [1.807, 2.05) is 38.1 Å². The maximum Gasteiger partial charge on any atom is 0.136 e. The average Bonchev–Trinajstić information content (AvgIpc) is 2.77. The van der Waals surface area contributed by atoms with Gasteiger partial charge in [-0.15, -0.1) is 0 Å². The lowest BCUT2D eigenvalue weighted by Crippen LogP contribution is -2.49. The van der Waals surface area contributed by atoms with E-state index in [0.717, 1.165) is 60.2 Å². The number of aliphatic hydroxyl groups excluding tert-OH is 1. The lowest BCUT2D eigenvalue weighted by molar-refractivity contribution is 0.109. The number of hydrogen-bond donors (Lipinski definition) is 1. The standard InChI is InChI=1S/C26H31FN4O/c1-19-25(17-22-9-6-10-23(27)15-22)26(29-20(2)28-19)31-13-11-30(12-14-31)18-24(32)16-21-7-4-3-5-8-21/h3-10,15,24,32H,11-14,16-18H2,1-2H3/t24-/m1/s1. The second kappa shape index (κ2) is 10.2. The van der Waals surface area contributed by atoms with Crippen molar-refractivity contribution in [2.45, 2.75) is 32.8 Å². The molecule has 0 unspecified atom stereocenters. The molecule has 1 fully saturated rings. The second-order valence-corrected chi connectivity index (χ2v) is 8.60. The van der Waals surface area contributed by atoms with Crippen LogP contribution in [-0.4, -0.2) is 58.8 Å². The van der Waals surface area contributed by atoms with Gasteiger partial charge >= 0.3 is 0 Å². The fraction of sp³-hybridized carbons (Fsp3) is 0.385. The molecule has 0 radical (unpaired) electrons. The van der Waals surface area contributed by atoms with E-state index < -0.39 is 0 Å². The smallest absolute Gasteiger partial charge is 0.136 e. The molecule has 6 heteroatoms. The summed E-state index contributed by atoms with van der Waals surface area (Å²) in [6, 6.07) is 16.9. The highest BCUT2D eigenvalue weighted by Gasteiger charge is 2.23. The van der Waals surface area contributed by atoms with Gasteiger partial charge in [0.1, 0.15) is 17.5 Å².